The van der Waals surface area contributed by atoms with Gasteiger partial charge in [-0.1, -0.05) is 0 Å². The van der Waals surface area contributed by atoms with Gasteiger partial charge in [0.05, 0.1) is 0 Å². The smallest absolute Gasteiger partial charge is 0.138 e. The molecule has 0 fully saturated rings. The van der Waals surface area contributed by atoms with Crippen LogP contribution in [0.1, 0.15) is 37.9 Å². The van der Waals surface area contributed by atoms with Gasteiger partial charge in [-0.2, -0.15) is 5.10 Å². The molecule has 0 bridgehead atoms. The Morgan fingerprint density at radius 2 is 2.62 bits per heavy atom. The highest BCUT2D eigenvalue weighted by molar-refractivity contribution is 4.99. The number of nitrogens with zero attached hydrogens (tertiary/aromatic N) is 3. The summed E-state index contributed by atoms with van der Waals surface area (Å²) in [6.07, 6.45) is 5.08. The van der Waals surface area contributed by atoms with Gasteiger partial charge in [0.2, 0.25) is 0 Å². The number of rotatable bonds is 2. The quantitative estimate of drug-likeness (QED) is 0.735. The number of nitrogens with two attached hydrogens (primary N) is 1. The van der Waals surface area contributed by atoms with Crippen LogP contribution in [0.4, 0.5) is 0 Å². The van der Waals surface area contributed by atoms with E-state index < -0.39 is 0 Å². The average Bonchev–Trinajstić information content (AvgIpc) is 2.51. The van der Waals surface area contributed by atoms with E-state index in [0.717, 1.165) is 18.8 Å². The van der Waals surface area contributed by atoms with Crippen LogP contribution in [-0.2, 0) is 6.54 Å². The topological polar surface area (TPSA) is 56.7 Å². The number of aryl methyl sites for hydroxylation is 1. The van der Waals surface area contributed by atoms with Crippen molar-refractivity contribution < 1.29 is 0 Å². The fourth-order valence-corrected chi connectivity index (χ4v) is 2.05. The first-order valence-corrected chi connectivity index (χ1v) is 4.90. The Bertz CT molecular complexity index is 279. The van der Waals surface area contributed by atoms with E-state index in [2.05, 4.69) is 17.0 Å². The minimum atomic E-state index is 0.258. The second-order valence-corrected chi connectivity index (χ2v) is 3.89. The van der Waals surface area contributed by atoms with Crippen LogP contribution >= 0.6 is 0 Å². The van der Waals surface area contributed by atoms with Crippen molar-refractivity contribution in [2.45, 2.75) is 44.7 Å². The van der Waals surface area contributed by atoms with Gasteiger partial charge in [0.15, 0.2) is 0 Å². The van der Waals surface area contributed by atoms with Crippen molar-refractivity contribution in [3.8, 4) is 0 Å². The first-order valence-electron chi connectivity index (χ1n) is 4.90. The van der Waals surface area contributed by atoms with Gasteiger partial charge in [-0.15, -0.1) is 0 Å². The summed E-state index contributed by atoms with van der Waals surface area (Å²) in [4.78, 5) is 4.29. The summed E-state index contributed by atoms with van der Waals surface area (Å²) >= 11 is 0. The molecule has 2 N–H and O–H groups in total. The third-order valence-corrected chi connectivity index (χ3v) is 2.59. The Morgan fingerprint density at radius 3 is 3.38 bits per heavy atom. The van der Waals surface area contributed by atoms with Crippen molar-refractivity contribution in [3.05, 3.63) is 12.2 Å². The van der Waals surface area contributed by atoms with Crippen molar-refractivity contribution >= 4 is 0 Å². The van der Waals surface area contributed by atoms with Crippen molar-refractivity contribution in [1.82, 2.24) is 14.8 Å². The second-order valence-electron chi connectivity index (χ2n) is 3.89. The van der Waals surface area contributed by atoms with E-state index in [1.165, 1.54) is 12.8 Å². The Morgan fingerprint density at radius 1 is 1.77 bits per heavy atom. The molecule has 0 saturated carbocycles. The molecule has 2 heterocycles. The molecule has 4 nitrogen and oxygen atoms in total. The number of hydrogen-bond acceptors (Lipinski definition) is 3. The van der Waals surface area contributed by atoms with Gasteiger partial charge in [0, 0.05) is 18.5 Å². The molecular formula is C9H16N4. The summed E-state index contributed by atoms with van der Waals surface area (Å²) in [6.45, 7) is 3.07. The highest BCUT2D eigenvalue weighted by atomic mass is 15.3. The fraction of sp³-hybridized carbons (Fsp3) is 0.778. The molecule has 0 aliphatic carbocycles. The zero-order chi connectivity index (χ0) is 9.26. The molecule has 4 heteroatoms. The molecule has 1 aromatic rings. The molecular weight excluding hydrogens is 164 g/mol. The molecule has 1 aliphatic heterocycles. The van der Waals surface area contributed by atoms with Crippen LogP contribution in [0.5, 0.6) is 0 Å². The summed E-state index contributed by atoms with van der Waals surface area (Å²) in [6, 6.07) is 0.258. The average molecular weight is 180 g/mol. The summed E-state index contributed by atoms with van der Waals surface area (Å²) in [5.41, 5.74) is 5.79. The molecule has 1 aliphatic rings. The summed E-state index contributed by atoms with van der Waals surface area (Å²) in [5.74, 6) is 1.65. The van der Waals surface area contributed by atoms with Crippen LogP contribution < -0.4 is 5.73 Å². The normalized spacial score (nSPS) is 24.0. The largest absolute Gasteiger partial charge is 0.328 e. The highest BCUT2D eigenvalue weighted by Gasteiger charge is 2.22. The minimum absolute atomic E-state index is 0.258. The van der Waals surface area contributed by atoms with Crippen molar-refractivity contribution in [3.63, 3.8) is 0 Å². The Hall–Kier alpha value is -0.900. The van der Waals surface area contributed by atoms with Gasteiger partial charge in [-0.3, -0.25) is 0 Å². The van der Waals surface area contributed by atoms with Crippen LogP contribution in [0.2, 0.25) is 0 Å². The van der Waals surface area contributed by atoms with Gasteiger partial charge in [-0.25, -0.2) is 9.67 Å². The predicted octanol–water partition coefficient (Wildman–Crippen LogP) is 0.893. The zero-order valence-corrected chi connectivity index (χ0v) is 7.98. The van der Waals surface area contributed by atoms with Crippen LogP contribution in [-0.4, -0.2) is 20.8 Å². The lowest BCUT2D eigenvalue weighted by atomic mass is 9.93. The van der Waals surface area contributed by atoms with Gasteiger partial charge in [0.1, 0.15) is 12.2 Å². The van der Waals surface area contributed by atoms with Gasteiger partial charge in [0.25, 0.3) is 0 Å². The monoisotopic (exact) mass is 180 g/mol. The molecule has 0 amide bonds. The summed E-state index contributed by atoms with van der Waals surface area (Å²) in [7, 11) is 0. The van der Waals surface area contributed by atoms with E-state index in [9.17, 15) is 0 Å². The van der Waals surface area contributed by atoms with E-state index in [-0.39, 0.29) is 6.04 Å². The first-order chi connectivity index (χ1) is 6.27. The van der Waals surface area contributed by atoms with Crippen LogP contribution in [0, 0.1) is 0 Å². The molecule has 2 unspecified atom stereocenters. The molecule has 72 valence electrons. The maximum atomic E-state index is 5.79. The lowest BCUT2D eigenvalue weighted by Gasteiger charge is -2.23. The third kappa shape index (κ3) is 1.72. The van der Waals surface area contributed by atoms with Crippen LogP contribution in [0.25, 0.3) is 0 Å². The zero-order valence-electron chi connectivity index (χ0n) is 7.98. The standard InChI is InChI=1S/C9H16N4/c1-7(10)5-8-3-2-4-13-9(8)11-6-12-13/h6-8H,2-5,10H2,1H3. The number of aromatic nitrogens is 3. The molecule has 0 radical (unpaired) electrons. The molecule has 2 rings (SSSR count). The molecule has 0 saturated heterocycles. The Balaban J connectivity index is 2.15. The van der Waals surface area contributed by atoms with E-state index in [1.54, 1.807) is 6.33 Å². The predicted molar refractivity (Wildman–Crippen MR) is 50.3 cm³/mol. The van der Waals surface area contributed by atoms with E-state index in [4.69, 9.17) is 5.73 Å². The van der Waals surface area contributed by atoms with Gasteiger partial charge < -0.3 is 5.73 Å². The van der Waals surface area contributed by atoms with E-state index in [0.29, 0.717) is 5.92 Å². The van der Waals surface area contributed by atoms with Crippen LogP contribution in [0.15, 0.2) is 6.33 Å². The van der Waals surface area contributed by atoms with Crippen molar-refractivity contribution in [2.24, 2.45) is 5.73 Å². The number of hydrogen-bond donors (Lipinski definition) is 1. The lowest BCUT2D eigenvalue weighted by Crippen LogP contribution is -2.24. The number of fused-ring (bicyclic) bond motifs is 1. The molecule has 0 spiro atoms. The first kappa shape index (κ1) is 8.69. The lowest BCUT2D eigenvalue weighted by molar-refractivity contribution is 0.386. The highest BCUT2D eigenvalue weighted by Crippen LogP contribution is 2.28. The van der Waals surface area contributed by atoms with Crippen molar-refractivity contribution in [1.29, 1.82) is 0 Å². The van der Waals surface area contributed by atoms with Crippen molar-refractivity contribution in [2.75, 3.05) is 0 Å². The fourth-order valence-electron chi connectivity index (χ4n) is 2.05. The Kier molecular flexibility index (Phi) is 2.31. The molecule has 13 heavy (non-hydrogen) atoms. The Labute approximate surface area is 78.1 Å². The third-order valence-electron chi connectivity index (χ3n) is 2.59. The van der Waals surface area contributed by atoms with E-state index >= 15 is 0 Å². The van der Waals surface area contributed by atoms with Gasteiger partial charge in [-0.05, 0) is 26.2 Å². The second kappa shape index (κ2) is 3.46. The summed E-state index contributed by atoms with van der Waals surface area (Å²) in [5, 5.41) is 4.18. The molecule has 0 aromatic carbocycles. The molecule has 2 atom stereocenters. The SMILES string of the molecule is CC(N)CC1CCCn2ncnc21. The minimum Gasteiger partial charge on any atom is -0.328 e. The maximum absolute atomic E-state index is 5.79. The van der Waals surface area contributed by atoms with E-state index in [1.807, 2.05) is 4.68 Å². The maximum Gasteiger partial charge on any atom is 0.138 e. The van der Waals surface area contributed by atoms with Crippen LogP contribution in [0.3, 0.4) is 0 Å². The van der Waals surface area contributed by atoms with Gasteiger partial charge >= 0.3 is 0 Å². The summed E-state index contributed by atoms with van der Waals surface area (Å²) < 4.78 is 2.01. The molecule has 1 aromatic heterocycles.